The Morgan fingerprint density at radius 1 is 1.16 bits per heavy atom. The van der Waals surface area contributed by atoms with Crippen molar-refractivity contribution >= 4 is 5.96 Å². The normalized spacial score (nSPS) is 20.0. The molecule has 9 nitrogen and oxygen atoms in total. The van der Waals surface area contributed by atoms with E-state index in [1.165, 1.54) is 32.1 Å². The van der Waals surface area contributed by atoms with E-state index in [9.17, 15) is 0 Å². The average molecular weight is 436 g/mol. The number of aromatic nitrogens is 3. The van der Waals surface area contributed by atoms with Gasteiger partial charge in [0.1, 0.15) is 12.4 Å². The highest BCUT2D eigenvalue weighted by molar-refractivity contribution is 5.79. The minimum atomic E-state index is 0.192. The van der Waals surface area contributed by atoms with Crippen LogP contribution in [0.25, 0.3) is 0 Å². The Morgan fingerprint density at radius 2 is 1.94 bits per heavy atom. The number of nitrogens with zero attached hydrogens (tertiary/aromatic N) is 5. The molecule has 0 aromatic carbocycles. The number of hydrogen-bond donors (Lipinski definition) is 2. The fourth-order valence-electron chi connectivity index (χ4n) is 4.54. The standard InChI is InChI=1S/C22H41N7O2/c1-4-30-14-8-11-23-21(24-17-20-27-26-19(2)28(20)3)25-18-22(9-6-5-7-10-22)29-12-15-31-16-13-29/h4-18H2,1-3H3,(H2,23,24,25). The highest BCUT2D eigenvalue weighted by atomic mass is 16.5. The Hall–Kier alpha value is -1.71. The van der Waals surface area contributed by atoms with Crippen LogP contribution < -0.4 is 10.6 Å². The lowest BCUT2D eigenvalue weighted by molar-refractivity contribution is -0.0352. The first-order valence-electron chi connectivity index (χ1n) is 11.9. The molecule has 0 radical (unpaired) electrons. The number of aliphatic imine (C=N–C) groups is 1. The maximum Gasteiger partial charge on any atom is 0.191 e. The molecule has 9 heteroatoms. The SMILES string of the molecule is CCOCCCNC(=NCc1nnc(C)n1C)NCC1(N2CCOCC2)CCCCC1. The molecule has 1 aromatic heterocycles. The minimum Gasteiger partial charge on any atom is -0.382 e. The van der Waals surface area contributed by atoms with E-state index in [1.54, 1.807) is 0 Å². The highest BCUT2D eigenvalue weighted by Gasteiger charge is 2.38. The van der Waals surface area contributed by atoms with Crippen LogP contribution in [0.3, 0.4) is 0 Å². The number of hydrogen-bond acceptors (Lipinski definition) is 6. The van der Waals surface area contributed by atoms with Crippen molar-refractivity contribution < 1.29 is 9.47 Å². The topological polar surface area (TPSA) is 88.8 Å². The lowest BCUT2D eigenvalue weighted by Gasteiger charge is -2.48. The van der Waals surface area contributed by atoms with E-state index >= 15 is 0 Å². The summed E-state index contributed by atoms with van der Waals surface area (Å²) in [5, 5.41) is 15.6. The maximum atomic E-state index is 5.62. The van der Waals surface area contributed by atoms with Crippen LogP contribution in [0.5, 0.6) is 0 Å². The second kappa shape index (κ2) is 12.4. The summed E-state index contributed by atoms with van der Waals surface area (Å²) in [4.78, 5) is 7.49. The number of guanidine groups is 1. The molecular formula is C22H41N7O2. The van der Waals surface area contributed by atoms with E-state index in [0.29, 0.717) is 6.54 Å². The molecule has 31 heavy (non-hydrogen) atoms. The van der Waals surface area contributed by atoms with Crippen molar-refractivity contribution in [2.24, 2.45) is 12.0 Å². The fraction of sp³-hybridized carbons (Fsp3) is 0.864. The summed E-state index contributed by atoms with van der Waals surface area (Å²) in [7, 11) is 1.98. The van der Waals surface area contributed by atoms with Gasteiger partial charge >= 0.3 is 0 Å². The lowest BCUT2D eigenvalue weighted by atomic mass is 9.80. The van der Waals surface area contributed by atoms with E-state index in [1.807, 2.05) is 25.5 Å². The van der Waals surface area contributed by atoms with Gasteiger partial charge in [0.2, 0.25) is 0 Å². The average Bonchev–Trinajstić information content (AvgIpc) is 3.13. The molecule has 0 bridgehead atoms. The molecule has 1 aliphatic carbocycles. The first kappa shape index (κ1) is 23.9. The van der Waals surface area contributed by atoms with Gasteiger partial charge in [0.15, 0.2) is 11.8 Å². The summed E-state index contributed by atoms with van der Waals surface area (Å²) in [5.74, 6) is 2.61. The number of morpholine rings is 1. The number of rotatable bonds is 10. The second-order valence-electron chi connectivity index (χ2n) is 8.60. The van der Waals surface area contributed by atoms with Crippen LogP contribution in [-0.2, 0) is 23.1 Å². The van der Waals surface area contributed by atoms with Crippen molar-refractivity contribution in [3.63, 3.8) is 0 Å². The molecule has 2 aliphatic rings. The third-order valence-corrected chi connectivity index (χ3v) is 6.57. The van der Waals surface area contributed by atoms with Gasteiger partial charge in [0.05, 0.1) is 13.2 Å². The summed E-state index contributed by atoms with van der Waals surface area (Å²) in [6.07, 6.45) is 7.36. The summed E-state index contributed by atoms with van der Waals surface area (Å²) < 4.78 is 13.1. The molecule has 0 amide bonds. The van der Waals surface area contributed by atoms with Crippen LogP contribution in [0.4, 0.5) is 0 Å². The number of aryl methyl sites for hydroxylation is 1. The van der Waals surface area contributed by atoms with Crippen molar-refractivity contribution in [2.45, 2.75) is 64.5 Å². The number of ether oxygens (including phenoxy) is 2. The van der Waals surface area contributed by atoms with Gasteiger partial charge in [-0.3, -0.25) is 4.90 Å². The van der Waals surface area contributed by atoms with Crippen molar-refractivity contribution in [1.29, 1.82) is 0 Å². The molecule has 3 rings (SSSR count). The van der Waals surface area contributed by atoms with Gasteiger partial charge in [-0.05, 0) is 33.1 Å². The van der Waals surface area contributed by atoms with Crippen molar-refractivity contribution in [2.75, 3.05) is 52.6 Å². The highest BCUT2D eigenvalue weighted by Crippen LogP contribution is 2.33. The quantitative estimate of drug-likeness (QED) is 0.328. The van der Waals surface area contributed by atoms with E-state index in [-0.39, 0.29) is 5.54 Å². The van der Waals surface area contributed by atoms with Crippen LogP contribution in [0.2, 0.25) is 0 Å². The Bertz CT molecular complexity index is 679. The summed E-state index contributed by atoms with van der Waals surface area (Å²) in [6.45, 7) is 11.5. The molecule has 1 aromatic rings. The van der Waals surface area contributed by atoms with Gasteiger partial charge in [0.25, 0.3) is 0 Å². The van der Waals surface area contributed by atoms with E-state index in [0.717, 1.165) is 76.6 Å². The Labute approximate surface area is 187 Å². The van der Waals surface area contributed by atoms with Gasteiger partial charge in [-0.1, -0.05) is 19.3 Å². The third-order valence-electron chi connectivity index (χ3n) is 6.57. The molecule has 2 heterocycles. The zero-order chi connectivity index (χ0) is 21.9. The molecular weight excluding hydrogens is 394 g/mol. The number of nitrogens with one attached hydrogen (secondary N) is 2. The van der Waals surface area contributed by atoms with Crippen LogP contribution in [-0.4, -0.2) is 83.8 Å². The molecule has 176 valence electrons. The molecule has 0 unspecified atom stereocenters. The van der Waals surface area contributed by atoms with Crippen LogP contribution in [0.1, 0.15) is 57.1 Å². The fourth-order valence-corrected chi connectivity index (χ4v) is 4.54. The van der Waals surface area contributed by atoms with E-state index in [4.69, 9.17) is 14.5 Å². The zero-order valence-electron chi connectivity index (χ0n) is 19.7. The van der Waals surface area contributed by atoms with E-state index < -0.39 is 0 Å². The second-order valence-corrected chi connectivity index (χ2v) is 8.60. The van der Waals surface area contributed by atoms with Crippen molar-refractivity contribution in [1.82, 2.24) is 30.3 Å². The third kappa shape index (κ3) is 6.89. The van der Waals surface area contributed by atoms with Crippen LogP contribution in [0, 0.1) is 6.92 Å². The van der Waals surface area contributed by atoms with Gasteiger partial charge < -0.3 is 24.7 Å². The minimum absolute atomic E-state index is 0.192. The van der Waals surface area contributed by atoms with Gasteiger partial charge in [0, 0.05) is 52.0 Å². The predicted molar refractivity (Wildman–Crippen MR) is 122 cm³/mol. The molecule has 0 spiro atoms. The summed E-state index contributed by atoms with van der Waals surface area (Å²) >= 11 is 0. The Kier molecular flexibility index (Phi) is 9.54. The largest absolute Gasteiger partial charge is 0.382 e. The molecule has 2 fully saturated rings. The molecule has 1 saturated carbocycles. The Balaban J connectivity index is 1.64. The monoisotopic (exact) mass is 435 g/mol. The van der Waals surface area contributed by atoms with E-state index in [2.05, 4.69) is 25.7 Å². The first-order chi connectivity index (χ1) is 15.1. The Morgan fingerprint density at radius 3 is 2.61 bits per heavy atom. The maximum absolute atomic E-state index is 5.62. The summed E-state index contributed by atoms with van der Waals surface area (Å²) in [6, 6.07) is 0. The predicted octanol–water partition coefficient (Wildman–Crippen LogP) is 1.62. The van der Waals surface area contributed by atoms with Gasteiger partial charge in [-0.2, -0.15) is 0 Å². The zero-order valence-corrected chi connectivity index (χ0v) is 19.7. The summed E-state index contributed by atoms with van der Waals surface area (Å²) in [5.41, 5.74) is 0.192. The molecule has 0 atom stereocenters. The molecule has 1 saturated heterocycles. The lowest BCUT2D eigenvalue weighted by Crippen LogP contribution is -2.60. The van der Waals surface area contributed by atoms with Crippen LogP contribution in [0.15, 0.2) is 4.99 Å². The molecule has 2 N–H and O–H groups in total. The van der Waals surface area contributed by atoms with Gasteiger partial charge in [-0.15, -0.1) is 10.2 Å². The molecule has 1 aliphatic heterocycles. The first-order valence-corrected chi connectivity index (χ1v) is 11.9. The van der Waals surface area contributed by atoms with Gasteiger partial charge in [-0.25, -0.2) is 4.99 Å². The van der Waals surface area contributed by atoms with Crippen molar-refractivity contribution in [3.8, 4) is 0 Å². The van der Waals surface area contributed by atoms with Crippen molar-refractivity contribution in [3.05, 3.63) is 11.6 Å². The smallest absolute Gasteiger partial charge is 0.191 e. The van der Waals surface area contributed by atoms with Crippen LogP contribution >= 0.6 is 0 Å².